The van der Waals surface area contributed by atoms with E-state index in [4.69, 9.17) is 0 Å². The van der Waals surface area contributed by atoms with Crippen molar-refractivity contribution in [1.82, 2.24) is 10.0 Å². The van der Waals surface area contributed by atoms with Gasteiger partial charge in [0.1, 0.15) is 0 Å². The summed E-state index contributed by atoms with van der Waals surface area (Å²) >= 11 is 1.52. The van der Waals surface area contributed by atoms with Crippen molar-refractivity contribution in [3.8, 4) is 0 Å². The number of nitrogens with one attached hydrogen (secondary N) is 2. The average molecular weight is 329 g/mol. The van der Waals surface area contributed by atoms with Gasteiger partial charge >= 0.3 is 0 Å². The Balaban J connectivity index is 1.66. The van der Waals surface area contributed by atoms with E-state index >= 15 is 0 Å². The Morgan fingerprint density at radius 1 is 1.33 bits per heavy atom. The third-order valence-electron chi connectivity index (χ3n) is 4.64. The first-order chi connectivity index (χ1) is 9.87. The molecule has 6 heteroatoms. The molecule has 118 valence electrons. The highest BCUT2D eigenvalue weighted by molar-refractivity contribution is 7.89. The molecular formula is C15H24N2O2S2. The highest BCUT2D eigenvalue weighted by Gasteiger charge is 2.37. The lowest BCUT2D eigenvalue weighted by molar-refractivity contribution is 0.313. The van der Waals surface area contributed by atoms with Crippen LogP contribution in [0.15, 0.2) is 16.3 Å². The molecule has 2 saturated carbocycles. The molecule has 1 heterocycles. The smallest absolute Gasteiger partial charge is 0.241 e. The fraction of sp³-hybridized carbons (Fsp3) is 0.733. The number of rotatable bonds is 6. The Bertz CT molecular complexity index is 603. The normalized spacial score (nSPS) is 25.3. The van der Waals surface area contributed by atoms with E-state index in [0.29, 0.717) is 10.9 Å². The monoisotopic (exact) mass is 328 g/mol. The number of thiophene rings is 1. The van der Waals surface area contributed by atoms with Gasteiger partial charge in [0, 0.05) is 28.9 Å². The highest BCUT2D eigenvalue weighted by atomic mass is 32.2. The number of hydrogen-bond donors (Lipinski definition) is 2. The van der Waals surface area contributed by atoms with Crippen LogP contribution >= 0.6 is 11.3 Å². The van der Waals surface area contributed by atoms with Crippen LogP contribution in [0.5, 0.6) is 0 Å². The van der Waals surface area contributed by atoms with Gasteiger partial charge in [-0.15, -0.1) is 11.3 Å². The summed E-state index contributed by atoms with van der Waals surface area (Å²) in [7, 11) is -3.38. The van der Waals surface area contributed by atoms with Gasteiger partial charge in [-0.05, 0) is 37.2 Å². The predicted molar refractivity (Wildman–Crippen MR) is 85.9 cm³/mol. The molecule has 2 aliphatic carbocycles. The van der Waals surface area contributed by atoms with E-state index in [1.165, 1.54) is 24.2 Å². The molecule has 3 rings (SSSR count). The molecule has 0 saturated heterocycles. The summed E-state index contributed by atoms with van der Waals surface area (Å²) in [6, 6.07) is 2.50. The molecule has 1 unspecified atom stereocenters. The zero-order chi connectivity index (χ0) is 15.1. The first kappa shape index (κ1) is 15.5. The van der Waals surface area contributed by atoms with E-state index < -0.39 is 10.0 Å². The Morgan fingerprint density at radius 2 is 2.10 bits per heavy atom. The van der Waals surface area contributed by atoms with Crippen LogP contribution < -0.4 is 10.0 Å². The maximum Gasteiger partial charge on any atom is 0.241 e. The van der Waals surface area contributed by atoms with Gasteiger partial charge < -0.3 is 5.32 Å². The van der Waals surface area contributed by atoms with Crippen LogP contribution in [0.2, 0.25) is 0 Å². The second-order valence-corrected chi connectivity index (χ2v) is 9.67. The molecule has 0 radical (unpaired) electrons. The van der Waals surface area contributed by atoms with Crippen LogP contribution in [0.1, 0.15) is 50.8 Å². The molecule has 0 bridgehead atoms. The van der Waals surface area contributed by atoms with E-state index in [-0.39, 0.29) is 11.5 Å². The predicted octanol–water partition coefficient (Wildman–Crippen LogP) is 2.86. The first-order valence-electron chi connectivity index (χ1n) is 7.70. The minimum absolute atomic E-state index is 0.0513. The Kier molecular flexibility index (Phi) is 4.16. The zero-order valence-corrected chi connectivity index (χ0v) is 14.3. The van der Waals surface area contributed by atoms with Gasteiger partial charge in [0.2, 0.25) is 10.0 Å². The fourth-order valence-corrected chi connectivity index (χ4v) is 5.59. The van der Waals surface area contributed by atoms with Crippen molar-refractivity contribution in [3.05, 3.63) is 16.3 Å². The lowest BCUT2D eigenvalue weighted by Gasteiger charge is -2.27. The third kappa shape index (κ3) is 3.67. The largest absolute Gasteiger partial charge is 0.309 e. The van der Waals surface area contributed by atoms with Gasteiger partial charge in [0.05, 0.1) is 4.90 Å². The molecule has 1 aromatic rings. The topological polar surface area (TPSA) is 58.2 Å². The van der Waals surface area contributed by atoms with E-state index in [2.05, 4.69) is 23.9 Å². The van der Waals surface area contributed by atoms with Gasteiger partial charge in [-0.2, -0.15) is 0 Å². The van der Waals surface area contributed by atoms with Crippen molar-refractivity contribution >= 4 is 21.4 Å². The van der Waals surface area contributed by atoms with Crippen LogP contribution in [0.3, 0.4) is 0 Å². The summed E-state index contributed by atoms with van der Waals surface area (Å²) < 4.78 is 27.9. The molecule has 0 spiro atoms. The zero-order valence-electron chi connectivity index (χ0n) is 12.7. The van der Waals surface area contributed by atoms with Crippen LogP contribution in [-0.4, -0.2) is 20.5 Å². The molecule has 0 amide bonds. The molecule has 1 atom stereocenters. The van der Waals surface area contributed by atoms with Crippen molar-refractivity contribution in [1.29, 1.82) is 0 Å². The van der Waals surface area contributed by atoms with Crippen molar-refractivity contribution in [2.24, 2.45) is 5.41 Å². The van der Waals surface area contributed by atoms with E-state index in [9.17, 15) is 8.42 Å². The summed E-state index contributed by atoms with van der Waals surface area (Å²) in [5.41, 5.74) is 0.0550. The van der Waals surface area contributed by atoms with Crippen LogP contribution in [0.4, 0.5) is 0 Å². The summed E-state index contributed by atoms with van der Waals surface area (Å²) in [5, 5.41) is 5.18. The molecule has 0 aliphatic heterocycles. The van der Waals surface area contributed by atoms with E-state index in [1.807, 2.05) is 6.07 Å². The Labute approximate surface area is 131 Å². The number of hydrogen-bond acceptors (Lipinski definition) is 4. The molecule has 0 aromatic carbocycles. The SMILES string of the molecule is CC1(C)CCCC1NS(=O)(=O)c1csc(CNC2CC2)c1. The highest BCUT2D eigenvalue weighted by Crippen LogP contribution is 2.38. The molecule has 21 heavy (non-hydrogen) atoms. The Morgan fingerprint density at radius 3 is 2.71 bits per heavy atom. The van der Waals surface area contributed by atoms with Crippen molar-refractivity contribution < 1.29 is 8.42 Å². The molecule has 1 aromatic heterocycles. The molecular weight excluding hydrogens is 304 g/mol. The fourth-order valence-electron chi connectivity index (χ4n) is 2.93. The van der Waals surface area contributed by atoms with Gasteiger partial charge in [-0.3, -0.25) is 0 Å². The molecule has 4 nitrogen and oxygen atoms in total. The summed E-state index contributed by atoms with van der Waals surface area (Å²) in [6.45, 7) is 5.07. The minimum atomic E-state index is -3.38. The molecule has 2 aliphatic rings. The number of sulfonamides is 1. The lowest BCUT2D eigenvalue weighted by atomic mass is 9.88. The van der Waals surface area contributed by atoms with E-state index in [1.54, 1.807) is 5.38 Å². The maximum atomic E-state index is 12.5. The summed E-state index contributed by atoms with van der Waals surface area (Å²) in [4.78, 5) is 1.51. The quantitative estimate of drug-likeness (QED) is 0.844. The summed E-state index contributed by atoms with van der Waals surface area (Å²) in [5.74, 6) is 0. The third-order valence-corrected chi connectivity index (χ3v) is 7.17. The first-order valence-corrected chi connectivity index (χ1v) is 10.1. The maximum absolute atomic E-state index is 12.5. The molecule has 2 fully saturated rings. The van der Waals surface area contributed by atoms with Crippen LogP contribution in [0.25, 0.3) is 0 Å². The van der Waals surface area contributed by atoms with Gasteiger partial charge in [0.25, 0.3) is 0 Å². The second kappa shape index (κ2) is 5.65. The van der Waals surface area contributed by atoms with E-state index in [0.717, 1.165) is 30.7 Å². The second-order valence-electron chi connectivity index (χ2n) is 6.96. The lowest BCUT2D eigenvalue weighted by Crippen LogP contribution is -2.41. The van der Waals surface area contributed by atoms with Crippen molar-refractivity contribution in [2.45, 2.75) is 69.5 Å². The average Bonchev–Trinajstić information content (AvgIpc) is 3.00. The Hall–Kier alpha value is -0.430. The van der Waals surface area contributed by atoms with Gasteiger partial charge in [-0.25, -0.2) is 13.1 Å². The van der Waals surface area contributed by atoms with Crippen LogP contribution in [-0.2, 0) is 16.6 Å². The van der Waals surface area contributed by atoms with Gasteiger partial charge in [0.15, 0.2) is 0 Å². The van der Waals surface area contributed by atoms with Gasteiger partial charge in [-0.1, -0.05) is 20.3 Å². The molecule has 2 N–H and O–H groups in total. The minimum Gasteiger partial charge on any atom is -0.309 e. The standard InChI is InChI=1S/C15H24N2O2S2/c1-15(2)7-3-4-14(15)17-21(18,19)13-8-12(20-10-13)9-16-11-5-6-11/h8,10-11,14,16-17H,3-7,9H2,1-2H3. The van der Waals surface area contributed by atoms with Crippen LogP contribution in [0, 0.1) is 5.41 Å². The summed E-state index contributed by atoms with van der Waals surface area (Å²) in [6.07, 6.45) is 5.61. The van der Waals surface area contributed by atoms with Crippen molar-refractivity contribution in [3.63, 3.8) is 0 Å². The van der Waals surface area contributed by atoms with Crippen molar-refractivity contribution in [2.75, 3.05) is 0 Å².